The van der Waals surface area contributed by atoms with Crippen molar-refractivity contribution < 1.29 is 8.78 Å². The molecule has 1 fully saturated rings. The van der Waals surface area contributed by atoms with Gasteiger partial charge in [0, 0.05) is 18.4 Å². The van der Waals surface area contributed by atoms with Crippen molar-refractivity contribution in [2.45, 2.75) is 58.7 Å². The highest BCUT2D eigenvalue weighted by Gasteiger charge is 2.27. The molecular formula is C14H23F2N3. The third-order valence-corrected chi connectivity index (χ3v) is 4.16. The van der Waals surface area contributed by atoms with Crippen LogP contribution in [0.2, 0.25) is 0 Å². The number of aromatic nitrogens is 2. The largest absolute Gasteiger partial charge is 0.319 e. The van der Waals surface area contributed by atoms with Gasteiger partial charge in [0.05, 0.1) is 6.54 Å². The molecule has 2 unspecified atom stereocenters. The third-order valence-electron chi connectivity index (χ3n) is 4.16. The Kier molecular flexibility index (Phi) is 4.91. The number of alkyl halides is 2. The number of rotatable bonds is 5. The summed E-state index contributed by atoms with van der Waals surface area (Å²) in [6.45, 7) is 2.40. The molecular weight excluding hydrogens is 248 g/mol. The van der Waals surface area contributed by atoms with Gasteiger partial charge in [0.1, 0.15) is 5.82 Å². The molecule has 1 aromatic rings. The first-order valence-corrected chi connectivity index (χ1v) is 7.13. The van der Waals surface area contributed by atoms with Crippen molar-refractivity contribution in [1.29, 1.82) is 0 Å². The van der Waals surface area contributed by atoms with Crippen LogP contribution in [0.3, 0.4) is 0 Å². The van der Waals surface area contributed by atoms with Crippen LogP contribution in [0.1, 0.15) is 51.9 Å². The molecule has 0 aromatic carbocycles. The summed E-state index contributed by atoms with van der Waals surface area (Å²) in [6, 6.07) is 0.427. The summed E-state index contributed by atoms with van der Waals surface area (Å²) < 4.78 is 26.4. The molecule has 108 valence electrons. The zero-order valence-corrected chi connectivity index (χ0v) is 11.6. The normalized spacial score (nSPS) is 24.3. The van der Waals surface area contributed by atoms with Gasteiger partial charge in [-0.1, -0.05) is 26.7 Å². The zero-order chi connectivity index (χ0) is 13.8. The maximum atomic E-state index is 12.7. The Morgan fingerprint density at radius 3 is 2.79 bits per heavy atom. The SMILES string of the molecule is CC(C)C1CCCCC1NCc1nccn1C(F)F. The van der Waals surface area contributed by atoms with Gasteiger partial charge in [-0.25, -0.2) is 4.98 Å². The van der Waals surface area contributed by atoms with Crippen molar-refractivity contribution in [3.8, 4) is 0 Å². The molecule has 0 bridgehead atoms. The van der Waals surface area contributed by atoms with Crippen molar-refractivity contribution in [2.24, 2.45) is 11.8 Å². The molecule has 1 aliphatic rings. The molecule has 0 amide bonds. The smallest absolute Gasteiger partial charge is 0.307 e. The standard InChI is InChI=1S/C14H23F2N3/c1-10(2)11-5-3-4-6-12(11)18-9-13-17-7-8-19(13)14(15)16/h7-8,10-12,14,18H,3-6,9H2,1-2H3. The molecule has 2 atom stereocenters. The first kappa shape index (κ1) is 14.4. The summed E-state index contributed by atoms with van der Waals surface area (Å²) in [5.41, 5.74) is 0. The first-order chi connectivity index (χ1) is 9.09. The lowest BCUT2D eigenvalue weighted by atomic mass is 9.78. The average Bonchev–Trinajstić information content (AvgIpc) is 2.85. The van der Waals surface area contributed by atoms with Crippen molar-refractivity contribution in [2.75, 3.05) is 0 Å². The Morgan fingerprint density at radius 1 is 1.37 bits per heavy atom. The monoisotopic (exact) mass is 271 g/mol. The molecule has 19 heavy (non-hydrogen) atoms. The summed E-state index contributed by atoms with van der Waals surface area (Å²) in [7, 11) is 0. The van der Waals surface area contributed by atoms with E-state index < -0.39 is 6.55 Å². The number of nitrogens with one attached hydrogen (secondary N) is 1. The van der Waals surface area contributed by atoms with Crippen molar-refractivity contribution in [1.82, 2.24) is 14.9 Å². The summed E-state index contributed by atoms with van der Waals surface area (Å²) in [5, 5.41) is 3.43. The van der Waals surface area contributed by atoms with Crippen molar-refractivity contribution >= 4 is 0 Å². The average molecular weight is 271 g/mol. The number of nitrogens with zero attached hydrogens (tertiary/aromatic N) is 2. The van der Waals surface area contributed by atoms with E-state index in [0.717, 1.165) is 11.0 Å². The molecule has 1 N–H and O–H groups in total. The second-order valence-electron chi connectivity index (χ2n) is 5.71. The van der Waals surface area contributed by atoms with Crippen LogP contribution in [0, 0.1) is 11.8 Å². The lowest BCUT2D eigenvalue weighted by Crippen LogP contribution is -2.40. The van der Waals surface area contributed by atoms with Gasteiger partial charge in [-0.05, 0) is 24.7 Å². The topological polar surface area (TPSA) is 29.9 Å². The molecule has 3 nitrogen and oxygen atoms in total. The van der Waals surface area contributed by atoms with Gasteiger partial charge in [0.15, 0.2) is 0 Å². The minimum Gasteiger partial charge on any atom is -0.307 e. The molecule has 1 heterocycles. The molecule has 2 rings (SSSR count). The fourth-order valence-corrected chi connectivity index (χ4v) is 3.09. The second kappa shape index (κ2) is 6.46. The fourth-order valence-electron chi connectivity index (χ4n) is 3.09. The van der Waals surface area contributed by atoms with E-state index >= 15 is 0 Å². The van der Waals surface area contributed by atoms with E-state index in [-0.39, 0.29) is 0 Å². The highest BCUT2D eigenvalue weighted by molar-refractivity contribution is 4.94. The molecule has 0 radical (unpaired) electrons. The van der Waals surface area contributed by atoms with Crippen LogP contribution in [0.4, 0.5) is 8.78 Å². The minimum atomic E-state index is -2.51. The van der Waals surface area contributed by atoms with E-state index in [0.29, 0.717) is 30.2 Å². The number of imidazole rings is 1. The van der Waals surface area contributed by atoms with Gasteiger partial charge in [-0.15, -0.1) is 0 Å². The van der Waals surface area contributed by atoms with E-state index in [1.807, 2.05) is 0 Å². The van der Waals surface area contributed by atoms with E-state index in [2.05, 4.69) is 24.1 Å². The second-order valence-corrected chi connectivity index (χ2v) is 5.71. The van der Waals surface area contributed by atoms with Crippen LogP contribution in [-0.4, -0.2) is 15.6 Å². The van der Waals surface area contributed by atoms with E-state index in [9.17, 15) is 8.78 Å². The number of hydrogen-bond acceptors (Lipinski definition) is 2. The molecule has 0 spiro atoms. The Labute approximate surface area is 113 Å². The number of hydrogen-bond donors (Lipinski definition) is 1. The summed E-state index contributed by atoms with van der Waals surface area (Å²) in [6.07, 6.45) is 7.65. The maximum absolute atomic E-state index is 12.7. The Morgan fingerprint density at radius 2 is 2.11 bits per heavy atom. The number of halogens is 2. The predicted molar refractivity (Wildman–Crippen MR) is 70.9 cm³/mol. The van der Waals surface area contributed by atoms with Crippen LogP contribution in [0.25, 0.3) is 0 Å². The lowest BCUT2D eigenvalue weighted by Gasteiger charge is -2.35. The van der Waals surface area contributed by atoms with Crippen LogP contribution in [0.5, 0.6) is 0 Å². The van der Waals surface area contributed by atoms with Crippen LogP contribution >= 0.6 is 0 Å². The third kappa shape index (κ3) is 3.53. The zero-order valence-electron chi connectivity index (χ0n) is 11.6. The molecule has 0 saturated heterocycles. The van der Waals surface area contributed by atoms with Crippen molar-refractivity contribution in [3.63, 3.8) is 0 Å². The minimum absolute atomic E-state index is 0.420. The van der Waals surface area contributed by atoms with Gasteiger partial charge >= 0.3 is 6.55 Å². The molecule has 0 aliphatic heterocycles. The van der Waals surface area contributed by atoms with E-state index in [4.69, 9.17) is 0 Å². The lowest BCUT2D eigenvalue weighted by molar-refractivity contribution is 0.0660. The van der Waals surface area contributed by atoms with E-state index in [1.165, 1.54) is 31.7 Å². The van der Waals surface area contributed by atoms with Gasteiger partial charge in [0.25, 0.3) is 0 Å². The highest BCUT2D eigenvalue weighted by atomic mass is 19.3. The van der Waals surface area contributed by atoms with E-state index in [1.54, 1.807) is 0 Å². The molecule has 1 aromatic heterocycles. The highest BCUT2D eigenvalue weighted by Crippen LogP contribution is 2.30. The summed E-state index contributed by atoms with van der Waals surface area (Å²) >= 11 is 0. The first-order valence-electron chi connectivity index (χ1n) is 7.13. The van der Waals surface area contributed by atoms with Gasteiger partial charge in [-0.3, -0.25) is 4.57 Å². The quantitative estimate of drug-likeness (QED) is 0.887. The molecule has 5 heteroatoms. The summed E-state index contributed by atoms with van der Waals surface area (Å²) in [4.78, 5) is 4.01. The van der Waals surface area contributed by atoms with Crippen molar-refractivity contribution in [3.05, 3.63) is 18.2 Å². The van der Waals surface area contributed by atoms with Crippen LogP contribution in [-0.2, 0) is 6.54 Å². The Bertz CT molecular complexity index is 390. The van der Waals surface area contributed by atoms with Crippen LogP contribution in [0.15, 0.2) is 12.4 Å². The Balaban J connectivity index is 1.95. The molecule has 1 saturated carbocycles. The fraction of sp³-hybridized carbons (Fsp3) is 0.786. The van der Waals surface area contributed by atoms with Gasteiger partial charge in [-0.2, -0.15) is 8.78 Å². The summed E-state index contributed by atoms with van der Waals surface area (Å²) in [5.74, 6) is 1.69. The molecule has 1 aliphatic carbocycles. The van der Waals surface area contributed by atoms with Gasteiger partial charge < -0.3 is 5.32 Å². The Hall–Kier alpha value is -0.970. The maximum Gasteiger partial charge on any atom is 0.319 e. The van der Waals surface area contributed by atoms with Gasteiger partial charge in [0.2, 0.25) is 0 Å². The predicted octanol–water partition coefficient (Wildman–Crippen LogP) is 3.58. The van der Waals surface area contributed by atoms with Crippen LogP contribution < -0.4 is 5.32 Å².